The number of esters is 1. The van der Waals surface area contributed by atoms with Crippen LogP contribution in [0.5, 0.6) is 0 Å². The van der Waals surface area contributed by atoms with Gasteiger partial charge in [0.25, 0.3) is 5.89 Å². The van der Waals surface area contributed by atoms with Crippen LogP contribution in [0.4, 0.5) is 0 Å². The van der Waals surface area contributed by atoms with Gasteiger partial charge in [0, 0.05) is 20.0 Å². The van der Waals surface area contributed by atoms with Crippen molar-refractivity contribution in [2.24, 2.45) is 0 Å². The molecule has 2 heterocycles. The van der Waals surface area contributed by atoms with E-state index in [1.807, 2.05) is 0 Å². The Morgan fingerprint density at radius 2 is 1.96 bits per heavy atom. The Morgan fingerprint density at radius 3 is 2.62 bits per heavy atom. The van der Waals surface area contributed by atoms with Crippen LogP contribution in [0, 0.1) is 13.8 Å². The molecule has 0 unspecified atom stereocenters. The molecular weight excluding hydrogens is 362 g/mol. The predicted octanol–water partition coefficient (Wildman–Crippen LogP) is 1.06. The molecule has 1 saturated heterocycles. The van der Waals surface area contributed by atoms with E-state index in [0.29, 0.717) is 24.7 Å². The molecule has 1 aliphatic heterocycles. The fourth-order valence-corrected chi connectivity index (χ4v) is 3.95. The first-order valence-electron chi connectivity index (χ1n) is 8.02. The van der Waals surface area contributed by atoms with Crippen LogP contribution in [-0.2, 0) is 26.1 Å². The molecular formula is C16H19N3O6S. The molecule has 26 heavy (non-hydrogen) atoms. The first kappa shape index (κ1) is 18.5. The van der Waals surface area contributed by atoms with Crippen LogP contribution >= 0.6 is 0 Å². The molecule has 1 aliphatic rings. The Labute approximate surface area is 151 Å². The lowest BCUT2D eigenvalue weighted by atomic mass is 10.1. The minimum absolute atomic E-state index is 0.0468. The zero-order valence-corrected chi connectivity index (χ0v) is 15.3. The zero-order chi connectivity index (χ0) is 18.7. The van der Waals surface area contributed by atoms with E-state index in [1.54, 1.807) is 19.9 Å². The second kappa shape index (κ2) is 7.52. The number of morpholine rings is 1. The number of rotatable bonds is 5. The van der Waals surface area contributed by atoms with Crippen LogP contribution in [0.3, 0.4) is 0 Å². The van der Waals surface area contributed by atoms with E-state index in [1.165, 1.54) is 16.4 Å². The Kier molecular flexibility index (Phi) is 5.35. The highest BCUT2D eigenvalue weighted by molar-refractivity contribution is 7.89. The summed E-state index contributed by atoms with van der Waals surface area (Å²) in [7, 11) is -3.69. The highest BCUT2D eigenvalue weighted by atomic mass is 32.2. The molecule has 10 heteroatoms. The minimum atomic E-state index is -3.69. The second-order valence-corrected chi connectivity index (χ2v) is 7.72. The third kappa shape index (κ3) is 3.92. The molecule has 0 saturated carbocycles. The third-order valence-corrected chi connectivity index (χ3v) is 5.83. The van der Waals surface area contributed by atoms with Crippen molar-refractivity contribution in [1.29, 1.82) is 0 Å². The Balaban J connectivity index is 1.79. The number of hydrogen-bond acceptors (Lipinski definition) is 8. The summed E-state index contributed by atoms with van der Waals surface area (Å²) in [6.07, 6.45) is 0. The standard InChI is InChI=1S/C16H19N3O6S/c1-11-3-4-13(26(21,22)19-5-7-23-8-6-19)9-14(11)16(20)24-10-15-18-17-12(2)25-15/h3-4,9H,5-8,10H2,1-2H3. The van der Waals surface area contributed by atoms with E-state index in [-0.39, 0.29) is 36.0 Å². The lowest BCUT2D eigenvalue weighted by molar-refractivity contribution is 0.0435. The molecule has 0 radical (unpaired) electrons. The van der Waals surface area contributed by atoms with Gasteiger partial charge < -0.3 is 13.9 Å². The summed E-state index contributed by atoms with van der Waals surface area (Å²) in [4.78, 5) is 12.4. The van der Waals surface area contributed by atoms with E-state index in [2.05, 4.69) is 10.2 Å². The summed E-state index contributed by atoms with van der Waals surface area (Å²) in [6.45, 7) is 4.42. The molecule has 140 valence electrons. The number of hydrogen-bond donors (Lipinski definition) is 0. The van der Waals surface area contributed by atoms with Crippen molar-refractivity contribution >= 4 is 16.0 Å². The number of ether oxygens (including phenoxy) is 2. The predicted molar refractivity (Wildman–Crippen MR) is 88.9 cm³/mol. The van der Waals surface area contributed by atoms with Crippen molar-refractivity contribution < 1.29 is 27.1 Å². The van der Waals surface area contributed by atoms with Gasteiger partial charge in [0.2, 0.25) is 15.9 Å². The van der Waals surface area contributed by atoms with E-state index in [4.69, 9.17) is 13.9 Å². The maximum Gasteiger partial charge on any atom is 0.338 e. The van der Waals surface area contributed by atoms with Crippen molar-refractivity contribution in [3.05, 3.63) is 41.1 Å². The van der Waals surface area contributed by atoms with Crippen LogP contribution < -0.4 is 0 Å². The van der Waals surface area contributed by atoms with Gasteiger partial charge in [-0.15, -0.1) is 10.2 Å². The highest BCUT2D eigenvalue weighted by Crippen LogP contribution is 2.21. The summed E-state index contributed by atoms with van der Waals surface area (Å²) in [6, 6.07) is 4.40. The van der Waals surface area contributed by atoms with Gasteiger partial charge >= 0.3 is 5.97 Å². The number of aryl methyl sites for hydroxylation is 2. The lowest BCUT2D eigenvalue weighted by Crippen LogP contribution is -2.40. The molecule has 0 bridgehead atoms. The first-order chi connectivity index (χ1) is 12.4. The van der Waals surface area contributed by atoms with Gasteiger partial charge in [-0.1, -0.05) is 6.07 Å². The molecule has 0 aliphatic carbocycles. The molecule has 0 atom stereocenters. The van der Waals surface area contributed by atoms with Gasteiger partial charge in [-0.25, -0.2) is 13.2 Å². The van der Waals surface area contributed by atoms with Crippen molar-refractivity contribution in [2.75, 3.05) is 26.3 Å². The van der Waals surface area contributed by atoms with Crippen LogP contribution in [0.25, 0.3) is 0 Å². The normalized spacial score (nSPS) is 15.8. The maximum atomic E-state index is 12.7. The zero-order valence-electron chi connectivity index (χ0n) is 14.5. The number of nitrogens with zero attached hydrogens (tertiary/aromatic N) is 3. The topological polar surface area (TPSA) is 112 Å². The number of carbonyl (C=O) groups excluding carboxylic acids is 1. The quantitative estimate of drug-likeness (QED) is 0.707. The third-order valence-electron chi connectivity index (χ3n) is 3.93. The molecule has 9 nitrogen and oxygen atoms in total. The fourth-order valence-electron chi connectivity index (χ4n) is 2.52. The van der Waals surface area contributed by atoms with Gasteiger partial charge in [-0.05, 0) is 24.6 Å². The average molecular weight is 381 g/mol. The molecule has 2 aromatic rings. The molecule has 1 fully saturated rings. The number of sulfonamides is 1. The van der Waals surface area contributed by atoms with E-state index in [0.717, 1.165) is 0 Å². The largest absolute Gasteiger partial charge is 0.452 e. The van der Waals surface area contributed by atoms with Crippen LogP contribution in [0.2, 0.25) is 0 Å². The van der Waals surface area contributed by atoms with Crippen LogP contribution in [0.1, 0.15) is 27.7 Å². The average Bonchev–Trinajstić information content (AvgIpc) is 3.06. The summed E-state index contributed by atoms with van der Waals surface area (Å²) in [5.41, 5.74) is 0.785. The number of aromatic nitrogens is 2. The first-order valence-corrected chi connectivity index (χ1v) is 9.46. The van der Waals surface area contributed by atoms with E-state index >= 15 is 0 Å². The van der Waals surface area contributed by atoms with Gasteiger partial charge in [0.05, 0.1) is 23.7 Å². The van der Waals surface area contributed by atoms with E-state index < -0.39 is 16.0 Å². The Hall–Kier alpha value is -2.30. The van der Waals surface area contributed by atoms with Crippen molar-refractivity contribution in [3.63, 3.8) is 0 Å². The van der Waals surface area contributed by atoms with Crippen molar-refractivity contribution in [1.82, 2.24) is 14.5 Å². The summed E-state index contributed by atoms with van der Waals surface area (Å²) >= 11 is 0. The molecule has 3 rings (SSSR count). The SMILES string of the molecule is Cc1nnc(COC(=O)c2cc(S(=O)(=O)N3CCOCC3)ccc2C)o1. The Morgan fingerprint density at radius 1 is 1.23 bits per heavy atom. The van der Waals surface area contributed by atoms with Crippen molar-refractivity contribution in [2.45, 2.75) is 25.3 Å². The molecule has 0 N–H and O–H groups in total. The molecule has 1 aromatic carbocycles. The molecule has 0 spiro atoms. The Bertz CT molecular complexity index is 902. The smallest absolute Gasteiger partial charge is 0.338 e. The van der Waals surface area contributed by atoms with Crippen LogP contribution in [0.15, 0.2) is 27.5 Å². The van der Waals surface area contributed by atoms with Gasteiger partial charge in [-0.3, -0.25) is 0 Å². The van der Waals surface area contributed by atoms with Crippen LogP contribution in [-0.4, -0.2) is 55.2 Å². The van der Waals surface area contributed by atoms with Gasteiger partial charge in [0.1, 0.15) is 0 Å². The highest BCUT2D eigenvalue weighted by Gasteiger charge is 2.27. The fraction of sp³-hybridized carbons (Fsp3) is 0.438. The summed E-state index contributed by atoms with van der Waals surface area (Å²) < 4.78 is 42.3. The van der Waals surface area contributed by atoms with E-state index in [9.17, 15) is 13.2 Å². The van der Waals surface area contributed by atoms with Crippen molar-refractivity contribution in [3.8, 4) is 0 Å². The van der Waals surface area contributed by atoms with Gasteiger partial charge in [0.15, 0.2) is 6.61 Å². The minimum Gasteiger partial charge on any atom is -0.452 e. The number of carbonyl (C=O) groups is 1. The lowest BCUT2D eigenvalue weighted by Gasteiger charge is -2.26. The second-order valence-electron chi connectivity index (χ2n) is 5.78. The molecule has 0 amide bonds. The van der Waals surface area contributed by atoms with Gasteiger partial charge in [-0.2, -0.15) is 4.31 Å². The maximum absolute atomic E-state index is 12.7. The number of benzene rings is 1. The summed E-state index contributed by atoms with van der Waals surface area (Å²) in [5, 5.41) is 7.39. The monoisotopic (exact) mass is 381 g/mol. The summed E-state index contributed by atoms with van der Waals surface area (Å²) in [5.74, 6) is -0.117. The molecule has 1 aromatic heterocycles.